The minimum absolute atomic E-state index is 1.09. The molecule has 0 spiro atoms. The maximum atomic E-state index is 3.48. The number of rotatable bonds is 0. The van der Waals surface area contributed by atoms with E-state index >= 15 is 0 Å². The van der Waals surface area contributed by atoms with E-state index in [1.54, 1.807) is 0 Å². The second-order valence-corrected chi connectivity index (χ2v) is 3.78. The highest BCUT2D eigenvalue weighted by Crippen LogP contribution is 2.36. The van der Waals surface area contributed by atoms with Crippen molar-refractivity contribution in [2.75, 3.05) is 13.1 Å². The number of hydrogen-bond donors (Lipinski definition) is 1. The molecule has 1 aliphatic heterocycles. The zero-order valence-electron chi connectivity index (χ0n) is 6.60. The van der Waals surface area contributed by atoms with Crippen LogP contribution in [0.3, 0.4) is 0 Å². The average Bonchev–Trinajstić information content (AvgIpc) is 2.28. The van der Waals surface area contributed by atoms with Gasteiger partial charge in [-0.1, -0.05) is 19.3 Å². The van der Waals surface area contributed by atoms with Gasteiger partial charge in [-0.15, -0.1) is 0 Å². The highest BCUT2D eigenvalue weighted by molar-refractivity contribution is 4.80. The van der Waals surface area contributed by atoms with Crippen molar-refractivity contribution < 1.29 is 0 Å². The minimum Gasteiger partial charge on any atom is -0.317 e. The first-order chi connectivity index (χ1) is 4.97. The lowest BCUT2D eigenvalue weighted by Gasteiger charge is -2.13. The van der Waals surface area contributed by atoms with Gasteiger partial charge in [-0.2, -0.15) is 0 Å². The molecule has 2 fully saturated rings. The second-order valence-electron chi connectivity index (χ2n) is 3.78. The molecule has 0 unspecified atom stereocenters. The maximum Gasteiger partial charge on any atom is -0.00462 e. The van der Waals surface area contributed by atoms with Gasteiger partial charge in [-0.3, -0.25) is 0 Å². The van der Waals surface area contributed by atoms with Crippen LogP contribution in [0.2, 0.25) is 0 Å². The van der Waals surface area contributed by atoms with Crippen molar-refractivity contribution in [1.29, 1.82) is 0 Å². The topological polar surface area (TPSA) is 12.0 Å². The lowest BCUT2D eigenvalue weighted by Crippen LogP contribution is -2.14. The molecule has 1 heteroatoms. The van der Waals surface area contributed by atoms with Crippen molar-refractivity contribution in [1.82, 2.24) is 5.32 Å². The number of fused-ring (bicyclic) bond motifs is 1. The highest BCUT2D eigenvalue weighted by Gasteiger charge is 2.27. The molecule has 10 heavy (non-hydrogen) atoms. The van der Waals surface area contributed by atoms with Gasteiger partial charge in [0, 0.05) is 0 Å². The van der Waals surface area contributed by atoms with Crippen LogP contribution in [0.5, 0.6) is 0 Å². The van der Waals surface area contributed by atoms with Gasteiger partial charge < -0.3 is 5.32 Å². The van der Waals surface area contributed by atoms with Crippen LogP contribution in [0.1, 0.15) is 32.1 Å². The van der Waals surface area contributed by atoms with Gasteiger partial charge in [0.1, 0.15) is 0 Å². The third kappa shape index (κ3) is 1.20. The molecule has 1 saturated heterocycles. The quantitative estimate of drug-likeness (QED) is 0.539. The molecule has 1 heterocycles. The summed E-state index contributed by atoms with van der Waals surface area (Å²) in [6, 6.07) is 0. The summed E-state index contributed by atoms with van der Waals surface area (Å²) in [5, 5.41) is 3.48. The number of nitrogens with one attached hydrogen (secondary N) is 1. The van der Waals surface area contributed by atoms with E-state index in [-0.39, 0.29) is 0 Å². The molecular formula is C9H17N. The summed E-state index contributed by atoms with van der Waals surface area (Å²) >= 11 is 0. The van der Waals surface area contributed by atoms with Crippen LogP contribution in [0, 0.1) is 11.8 Å². The first-order valence-electron chi connectivity index (χ1n) is 4.67. The Hall–Kier alpha value is -0.0400. The predicted octanol–water partition coefficient (Wildman–Crippen LogP) is 1.79. The monoisotopic (exact) mass is 139 g/mol. The van der Waals surface area contributed by atoms with Crippen LogP contribution in [0.25, 0.3) is 0 Å². The molecular weight excluding hydrogens is 122 g/mol. The van der Waals surface area contributed by atoms with Crippen molar-refractivity contribution in [2.24, 2.45) is 11.8 Å². The first-order valence-corrected chi connectivity index (χ1v) is 4.67. The molecule has 58 valence electrons. The van der Waals surface area contributed by atoms with Crippen LogP contribution in [-0.2, 0) is 0 Å². The van der Waals surface area contributed by atoms with Crippen molar-refractivity contribution in [3.8, 4) is 0 Å². The molecule has 0 aromatic heterocycles. The zero-order valence-corrected chi connectivity index (χ0v) is 6.60. The molecule has 1 N–H and O–H groups in total. The molecule has 1 saturated carbocycles. The molecule has 1 nitrogen and oxygen atoms in total. The van der Waals surface area contributed by atoms with E-state index in [0.29, 0.717) is 0 Å². The normalized spacial score (nSPS) is 40.8. The zero-order chi connectivity index (χ0) is 6.81. The van der Waals surface area contributed by atoms with Crippen molar-refractivity contribution in [2.45, 2.75) is 32.1 Å². The first kappa shape index (κ1) is 6.66. The Balaban J connectivity index is 1.95. The molecule has 0 aromatic carbocycles. The van der Waals surface area contributed by atoms with Gasteiger partial charge in [0.05, 0.1) is 0 Å². The van der Waals surface area contributed by atoms with E-state index in [2.05, 4.69) is 5.32 Å². The van der Waals surface area contributed by atoms with E-state index in [9.17, 15) is 0 Å². The molecule has 0 bridgehead atoms. The standard InChI is InChI=1S/C9H17N/c1-2-8-4-6-10-7-5-9(8)3-1/h8-10H,1-7H2/t8-,9-/m0/s1. The molecule has 2 rings (SSSR count). The molecule has 2 aliphatic rings. The minimum atomic E-state index is 1.09. The van der Waals surface area contributed by atoms with Crippen LogP contribution < -0.4 is 5.32 Å². The van der Waals surface area contributed by atoms with Gasteiger partial charge in [0.2, 0.25) is 0 Å². The van der Waals surface area contributed by atoms with Crippen molar-refractivity contribution in [3.05, 3.63) is 0 Å². The Morgan fingerprint density at radius 1 is 0.800 bits per heavy atom. The summed E-state index contributed by atoms with van der Waals surface area (Å²) in [4.78, 5) is 0. The van der Waals surface area contributed by atoms with E-state index < -0.39 is 0 Å². The second kappa shape index (κ2) is 2.91. The van der Waals surface area contributed by atoms with E-state index in [1.807, 2.05) is 0 Å². The summed E-state index contributed by atoms with van der Waals surface area (Å²) in [5.74, 6) is 2.19. The molecule has 1 aliphatic carbocycles. The molecule has 0 amide bonds. The molecule has 0 radical (unpaired) electrons. The summed E-state index contributed by atoms with van der Waals surface area (Å²) in [5.41, 5.74) is 0. The Morgan fingerprint density at radius 2 is 1.40 bits per heavy atom. The van der Waals surface area contributed by atoms with Crippen LogP contribution >= 0.6 is 0 Å². The third-order valence-electron chi connectivity index (χ3n) is 3.20. The van der Waals surface area contributed by atoms with E-state index in [0.717, 1.165) is 11.8 Å². The smallest absolute Gasteiger partial charge is 0.00462 e. The highest BCUT2D eigenvalue weighted by atomic mass is 14.9. The van der Waals surface area contributed by atoms with Crippen LogP contribution in [-0.4, -0.2) is 13.1 Å². The van der Waals surface area contributed by atoms with Gasteiger partial charge >= 0.3 is 0 Å². The van der Waals surface area contributed by atoms with Gasteiger partial charge in [0.15, 0.2) is 0 Å². The van der Waals surface area contributed by atoms with E-state index in [4.69, 9.17) is 0 Å². The number of hydrogen-bond acceptors (Lipinski definition) is 1. The molecule has 0 aromatic rings. The van der Waals surface area contributed by atoms with E-state index in [1.165, 1.54) is 45.2 Å². The largest absolute Gasteiger partial charge is 0.317 e. The van der Waals surface area contributed by atoms with Gasteiger partial charge in [0.25, 0.3) is 0 Å². The van der Waals surface area contributed by atoms with Gasteiger partial charge in [-0.25, -0.2) is 0 Å². The van der Waals surface area contributed by atoms with Crippen molar-refractivity contribution >= 4 is 0 Å². The van der Waals surface area contributed by atoms with Crippen molar-refractivity contribution in [3.63, 3.8) is 0 Å². The summed E-state index contributed by atoms with van der Waals surface area (Å²) in [7, 11) is 0. The Kier molecular flexibility index (Phi) is 1.94. The summed E-state index contributed by atoms with van der Waals surface area (Å²) in [6.07, 6.45) is 7.45. The molecule has 2 atom stereocenters. The lowest BCUT2D eigenvalue weighted by molar-refractivity contribution is 0.378. The fourth-order valence-electron chi connectivity index (χ4n) is 2.57. The fourth-order valence-corrected chi connectivity index (χ4v) is 2.57. The fraction of sp³-hybridized carbons (Fsp3) is 1.00. The maximum absolute atomic E-state index is 3.48. The van der Waals surface area contributed by atoms with Gasteiger partial charge in [-0.05, 0) is 37.8 Å². The third-order valence-corrected chi connectivity index (χ3v) is 3.20. The van der Waals surface area contributed by atoms with Crippen LogP contribution in [0.4, 0.5) is 0 Å². The Bertz CT molecular complexity index is 99.3. The average molecular weight is 139 g/mol. The predicted molar refractivity (Wildman–Crippen MR) is 42.9 cm³/mol. The summed E-state index contributed by atoms with van der Waals surface area (Å²) < 4.78 is 0. The lowest BCUT2D eigenvalue weighted by atomic mass is 9.92. The SMILES string of the molecule is C1C[C@H]2CCNCC[C@@H]2C1. The summed E-state index contributed by atoms with van der Waals surface area (Å²) in [6.45, 7) is 2.56. The Labute approximate surface area is 63.2 Å². The van der Waals surface area contributed by atoms with Crippen LogP contribution in [0.15, 0.2) is 0 Å². The Morgan fingerprint density at radius 3 is 2.00 bits per heavy atom.